The largest absolute Gasteiger partial charge is 0.349 e. The van der Waals surface area contributed by atoms with Crippen LogP contribution in [0.25, 0.3) is 0 Å². The number of nitrogens with one attached hydrogen (secondary N) is 2. The molecule has 2 aliphatic rings. The Morgan fingerprint density at radius 2 is 1.96 bits per heavy atom. The van der Waals surface area contributed by atoms with Crippen LogP contribution in [0.4, 0.5) is 0 Å². The molecular weight excluding hydrogens is 304 g/mol. The van der Waals surface area contributed by atoms with Gasteiger partial charge in [-0.25, -0.2) is 4.98 Å². The van der Waals surface area contributed by atoms with Gasteiger partial charge in [0, 0.05) is 19.1 Å². The van der Waals surface area contributed by atoms with Crippen molar-refractivity contribution in [1.82, 2.24) is 20.2 Å². The number of aromatic nitrogens is 2. The van der Waals surface area contributed by atoms with Gasteiger partial charge < -0.3 is 15.2 Å². The van der Waals surface area contributed by atoms with E-state index < -0.39 is 0 Å². The fraction of sp³-hybridized carbons (Fsp3) is 0.722. The molecular formula is C18H28N4O2. The zero-order valence-electron chi connectivity index (χ0n) is 14.6. The average molecular weight is 332 g/mol. The van der Waals surface area contributed by atoms with Crippen LogP contribution in [0, 0.1) is 0 Å². The number of imidazole rings is 1. The van der Waals surface area contributed by atoms with E-state index in [9.17, 15) is 9.59 Å². The molecule has 0 saturated heterocycles. The zero-order chi connectivity index (χ0) is 16.9. The van der Waals surface area contributed by atoms with E-state index in [2.05, 4.69) is 22.5 Å². The van der Waals surface area contributed by atoms with Gasteiger partial charge in [-0.1, -0.05) is 26.2 Å². The Hall–Kier alpha value is -1.85. The van der Waals surface area contributed by atoms with Crippen LogP contribution in [-0.2, 0) is 13.0 Å². The van der Waals surface area contributed by atoms with Gasteiger partial charge in [0.25, 0.3) is 11.8 Å². The Morgan fingerprint density at radius 3 is 2.71 bits per heavy atom. The predicted molar refractivity (Wildman–Crippen MR) is 92.1 cm³/mol. The lowest BCUT2D eigenvalue weighted by molar-refractivity contribution is 0.0931. The standard InChI is InChI=1S/C18H28N4O2/c1-2-3-11-19-18(24)16-21-15(14-10-6-7-12-22(14)16)17(23)20-13-8-4-5-9-13/h13H,2-12H2,1H3,(H,19,24)(H,20,23). The quantitative estimate of drug-likeness (QED) is 0.786. The van der Waals surface area contributed by atoms with Crippen LogP contribution in [0.1, 0.15) is 85.1 Å². The smallest absolute Gasteiger partial charge is 0.287 e. The molecule has 1 aromatic heterocycles. The minimum atomic E-state index is -0.161. The number of hydrogen-bond acceptors (Lipinski definition) is 3. The summed E-state index contributed by atoms with van der Waals surface area (Å²) in [5.41, 5.74) is 1.39. The first-order valence-corrected chi connectivity index (χ1v) is 9.39. The minimum Gasteiger partial charge on any atom is -0.349 e. The maximum Gasteiger partial charge on any atom is 0.287 e. The first-order valence-electron chi connectivity index (χ1n) is 9.39. The van der Waals surface area contributed by atoms with E-state index in [-0.39, 0.29) is 17.9 Å². The van der Waals surface area contributed by atoms with Gasteiger partial charge >= 0.3 is 0 Å². The molecule has 1 aromatic rings. The molecule has 132 valence electrons. The second-order valence-corrected chi connectivity index (χ2v) is 6.90. The predicted octanol–water partition coefficient (Wildman–Crippen LogP) is 2.42. The summed E-state index contributed by atoms with van der Waals surface area (Å²) in [5, 5.41) is 6.02. The van der Waals surface area contributed by atoms with Crippen molar-refractivity contribution in [3.8, 4) is 0 Å². The fourth-order valence-electron chi connectivity index (χ4n) is 3.68. The van der Waals surface area contributed by atoms with Gasteiger partial charge in [0.15, 0.2) is 5.82 Å². The lowest BCUT2D eigenvalue weighted by Crippen LogP contribution is -2.33. The lowest BCUT2D eigenvalue weighted by atomic mass is 10.1. The van der Waals surface area contributed by atoms with Crippen molar-refractivity contribution in [2.45, 2.75) is 77.3 Å². The average Bonchev–Trinajstić information content (AvgIpc) is 3.22. The van der Waals surface area contributed by atoms with Gasteiger partial charge in [-0.15, -0.1) is 0 Å². The van der Waals surface area contributed by atoms with Gasteiger partial charge in [0.1, 0.15) is 5.69 Å². The van der Waals surface area contributed by atoms with E-state index in [0.29, 0.717) is 18.1 Å². The van der Waals surface area contributed by atoms with E-state index >= 15 is 0 Å². The topological polar surface area (TPSA) is 76.0 Å². The molecule has 6 heteroatoms. The van der Waals surface area contributed by atoms with Crippen molar-refractivity contribution in [3.05, 3.63) is 17.2 Å². The number of carbonyl (C=O) groups excluding carboxylic acids is 2. The maximum absolute atomic E-state index is 12.7. The molecule has 2 N–H and O–H groups in total. The second kappa shape index (κ2) is 7.81. The molecule has 0 bridgehead atoms. The highest BCUT2D eigenvalue weighted by Crippen LogP contribution is 2.23. The molecule has 2 amide bonds. The van der Waals surface area contributed by atoms with Crippen LogP contribution in [0.5, 0.6) is 0 Å². The van der Waals surface area contributed by atoms with Crippen molar-refractivity contribution in [2.24, 2.45) is 0 Å². The van der Waals surface area contributed by atoms with Crippen LogP contribution in [-0.4, -0.2) is 34.0 Å². The first kappa shape index (κ1) is 17.0. The Morgan fingerprint density at radius 1 is 1.17 bits per heavy atom. The van der Waals surface area contributed by atoms with Crippen molar-refractivity contribution in [3.63, 3.8) is 0 Å². The summed E-state index contributed by atoms with van der Waals surface area (Å²) in [6.07, 6.45) is 9.34. The number of carbonyl (C=O) groups is 2. The fourth-order valence-corrected chi connectivity index (χ4v) is 3.68. The van der Waals surface area contributed by atoms with Gasteiger partial charge in [-0.3, -0.25) is 9.59 Å². The maximum atomic E-state index is 12.7. The van der Waals surface area contributed by atoms with Crippen molar-refractivity contribution in [2.75, 3.05) is 6.54 Å². The highest BCUT2D eigenvalue weighted by atomic mass is 16.2. The van der Waals surface area contributed by atoms with Gasteiger partial charge in [-0.2, -0.15) is 0 Å². The molecule has 6 nitrogen and oxygen atoms in total. The van der Waals surface area contributed by atoms with E-state index in [1.54, 1.807) is 0 Å². The summed E-state index contributed by atoms with van der Waals surface area (Å²) in [4.78, 5) is 29.5. The normalized spacial score (nSPS) is 17.5. The molecule has 0 unspecified atom stereocenters. The summed E-state index contributed by atoms with van der Waals surface area (Å²) in [6.45, 7) is 3.52. The van der Waals surface area contributed by atoms with Gasteiger partial charge in [0.2, 0.25) is 0 Å². The van der Waals surface area contributed by atoms with Crippen LogP contribution >= 0.6 is 0 Å². The Labute approximate surface area is 143 Å². The van der Waals surface area contributed by atoms with Crippen LogP contribution in [0.2, 0.25) is 0 Å². The third-order valence-corrected chi connectivity index (χ3v) is 5.04. The van der Waals surface area contributed by atoms with Gasteiger partial charge in [-0.05, 0) is 38.5 Å². The monoisotopic (exact) mass is 332 g/mol. The van der Waals surface area contributed by atoms with Crippen molar-refractivity contribution >= 4 is 11.8 Å². The van der Waals surface area contributed by atoms with E-state index in [0.717, 1.165) is 57.2 Å². The summed E-state index contributed by atoms with van der Waals surface area (Å²) in [7, 11) is 0. The van der Waals surface area contributed by atoms with Crippen molar-refractivity contribution in [1.29, 1.82) is 0 Å². The van der Waals surface area contributed by atoms with E-state index in [1.807, 2.05) is 4.57 Å². The molecule has 1 aliphatic heterocycles. The number of amides is 2. The Balaban J connectivity index is 1.78. The number of hydrogen-bond donors (Lipinski definition) is 2. The third-order valence-electron chi connectivity index (χ3n) is 5.04. The Bertz CT molecular complexity index is 602. The first-order chi connectivity index (χ1) is 11.7. The number of rotatable bonds is 6. The summed E-state index contributed by atoms with van der Waals surface area (Å²) in [5.74, 6) is 0.129. The molecule has 1 aliphatic carbocycles. The SMILES string of the molecule is CCCCNC(=O)c1nc(C(=O)NC2CCCC2)c2n1CCCC2. The highest BCUT2D eigenvalue weighted by molar-refractivity contribution is 5.97. The molecule has 3 rings (SSSR count). The molecule has 0 aromatic carbocycles. The highest BCUT2D eigenvalue weighted by Gasteiger charge is 2.28. The summed E-state index contributed by atoms with van der Waals surface area (Å²) in [6, 6.07) is 0.264. The third kappa shape index (κ3) is 3.62. The number of nitrogens with zero attached hydrogens (tertiary/aromatic N) is 2. The molecule has 1 fully saturated rings. The Kier molecular flexibility index (Phi) is 5.53. The number of unbranched alkanes of at least 4 members (excludes halogenated alkanes) is 1. The molecule has 0 atom stereocenters. The van der Waals surface area contributed by atoms with Crippen LogP contribution < -0.4 is 10.6 Å². The minimum absolute atomic E-state index is 0.111. The van der Waals surface area contributed by atoms with Crippen LogP contribution in [0.3, 0.4) is 0 Å². The van der Waals surface area contributed by atoms with E-state index in [1.165, 1.54) is 12.8 Å². The molecule has 2 heterocycles. The molecule has 1 saturated carbocycles. The molecule has 24 heavy (non-hydrogen) atoms. The molecule has 0 radical (unpaired) electrons. The van der Waals surface area contributed by atoms with E-state index in [4.69, 9.17) is 0 Å². The van der Waals surface area contributed by atoms with Gasteiger partial charge in [0.05, 0.1) is 5.69 Å². The summed E-state index contributed by atoms with van der Waals surface area (Å²) >= 11 is 0. The summed E-state index contributed by atoms with van der Waals surface area (Å²) < 4.78 is 1.95. The van der Waals surface area contributed by atoms with Crippen LogP contribution in [0.15, 0.2) is 0 Å². The lowest BCUT2D eigenvalue weighted by Gasteiger charge is -2.17. The molecule has 0 spiro atoms. The number of fused-ring (bicyclic) bond motifs is 1. The second-order valence-electron chi connectivity index (χ2n) is 6.90. The van der Waals surface area contributed by atoms with Crippen molar-refractivity contribution < 1.29 is 9.59 Å². The zero-order valence-corrected chi connectivity index (χ0v) is 14.6.